The van der Waals surface area contributed by atoms with Gasteiger partial charge in [-0.3, -0.25) is 4.90 Å². The number of ether oxygens (including phenoxy) is 2. The fourth-order valence-corrected chi connectivity index (χ4v) is 6.64. The van der Waals surface area contributed by atoms with Crippen molar-refractivity contribution in [1.29, 1.82) is 0 Å². The molecule has 4 atom stereocenters. The first kappa shape index (κ1) is 26.6. The lowest BCUT2D eigenvalue weighted by Gasteiger charge is -2.46. The maximum absolute atomic E-state index is 6.19. The van der Waals surface area contributed by atoms with Gasteiger partial charge >= 0.3 is 0 Å². The summed E-state index contributed by atoms with van der Waals surface area (Å²) in [5.74, 6) is 2.15. The SMILES string of the molecule is CCCCC1CCCCC1C(c1cnc[nH]1)N(Cc1ccccc1)C(CC1=CC=CCC1)C1=COC=CO1. The third-order valence-corrected chi connectivity index (χ3v) is 8.51. The molecular formula is C33H43N3O2. The van der Waals surface area contributed by atoms with Crippen molar-refractivity contribution < 1.29 is 9.47 Å². The van der Waals surface area contributed by atoms with Gasteiger partial charge in [-0.05, 0) is 43.1 Å². The molecule has 0 saturated heterocycles. The number of nitrogens with one attached hydrogen (secondary N) is 1. The van der Waals surface area contributed by atoms with Gasteiger partial charge in [-0.1, -0.05) is 99.6 Å². The summed E-state index contributed by atoms with van der Waals surface area (Å²) in [6.07, 6.45) is 27.9. The quantitative estimate of drug-likeness (QED) is 0.310. The predicted octanol–water partition coefficient (Wildman–Crippen LogP) is 8.34. The van der Waals surface area contributed by atoms with Gasteiger partial charge in [0, 0.05) is 12.7 Å². The van der Waals surface area contributed by atoms with Crippen molar-refractivity contribution in [1.82, 2.24) is 14.9 Å². The van der Waals surface area contributed by atoms with Crippen LogP contribution in [-0.4, -0.2) is 20.9 Å². The van der Waals surface area contributed by atoms with Crippen LogP contribution in [0.1, 0.15) is 88.4 Å². The first-order valence-electron chi connectivity index (χ1n) is 14.6. The highest BCUT2D eigenvalue weighted by atomic mass is 16.5. The van der Waals surface area contributed by atoms with E-state index in [1.807, 2.05) is 6.33 Å². The Hall–Kier alpha value is -3.05. The van der Waals surface area contributed by atoms with Crippen LogP contribution in [0.3, 0.4) is 0 Å². The van der Waals surface area contributed by atoms with E-state index in [9.17, 15) is 0 Å². The topological polar surface area (TPSA) is 50.4 Å². The molecule has 5 heteroatoms. The molecule has 3 aliphatic rings. The van der Waals surface area contributed by atoms with Crippen molar-refractivity contribution in [3.05, 3.63) is 102 Å². The van der Waals surface area contributed by atoms with Crippen molar-refractivity contribution in [3.8, 4) is 0 Å². The van der Waals surface area contributed by atoms with Crippen molar-refractivity contribution in [3.63, 3.8) is 0 Å². The normalized spacial score (nSPS) is 22.8. The molecule has 2 aliphatic carbocycles. The Morgan fingerprint density at radius 1 is 1.13 bits per heavy atom. The summed E-state index contributed by atoms with van der Waals surface area (Å²) in [5.41, 5.74) is 3.99. The first-order valence-corrected chi connectivity index (χ1v) is 14.6. The van der Waals surface area contributed by atoms with E-state index >= 15 is 0 Å². The number of aromatic nitrogens is 2. The first-order chi connectivity index (χ1) is 18.8. The van der Waals surface area contributed by atoms with E-state index in [4.69, 9.17) is 9.47 Å². The van der Waals surface area contributed by atoms with Crippen molar-refractivity contribution in [2.75, 3.05) is 0 Å². The number of H-pyrrole nitrogens is 1. The predicted molar refractivity (Wildman–Crippen MR) is 153 cm³/mol. The molecule has 5 rings (SSSR count). The number of imidazole rings is 1. The van der Waals surface area contributed by atoms with Crippen molar-refractivity contribution in [2.45, 2.75) is 89.8 Å². The fourth-order valence-electron chi connectivity index (χ4n) is 6.64. The smallest absolute Gasteiger partial charge is 0.156 e. The van der Waals surface area contributed by atoms with Gasteiger partial charge in [0.25, 0.3) is 0 Å². The molecule has 2 aromatic rings. The Labute approximate surface area is 228 Å². The number of unbranched alkanes of at least 4 members (excludes halogenated alkanes) is 1. The lowest BCUT2D eigenvalue weighted by Crippen LogP contribution is -2.45. The molecule has 0 radical (unpaired) electrons. The molecule has 4 unspecified atom stereocenters. The molecule has 1 fully saturated rings. The van der Waals surface area contributed by atoms with E-state index in [0.29, 0.717) is 11.8 Å². The Bertz CT molecular complexity index is 1100. The largest absolute Gasteiger partial charge is 0.466 e. The fraction of sp³-hybridized carbons (Fsp3) is 0.485. The highest BCUT2D eigenvalue weighted by molar-refractivity contribution is 5.24. The minimum atomic E-state index is 0.0416. The third-order valence-electron chi connectivity index (χ3n) is 8.51. The minimum Gasteiger partial charge on any atom is -0.466 e. The van der Waals surface area contributed by atoms with Crippen LogP contribution in [0.15, 0.2) is 91.2 Å². The summed E-state index contributed by atoms with van der Waals surface area (Å²) >= 11 is 0. The van der Waals surface area contributed by atoms with Gasteiger partial charge in [0.15, 0.2) is 5.76 Å². The highest BCUT2D eigenvalue weighted by Gasteiger charge is 2.41. The summed E-state index contributed by atoms with van der Waals surface area (Å²) in [6, 6.07) is 11.1. The van der Waals surface area contributed by atoms with Gasteiger partial charge in [-0.2, -0.15) is 0 Å². The van der Waals surface area contributed by atoms with Gasteiger partial charge < -0.3 is 14.5 Å². The van der Waals surface area contributed by atoms with Gasteiger partial charge in [-0.25, -0.2) is 4.98 Å². The molecule has 1 N–H and O–H groups in total. The lowest BCUT2D eigenvalue weighted by molar-refractivity contribution is 0.0259. The molecular weight excluding hydrogens is 470 g/mol. The van der Waals surface area contributed by atoms with Crippen LogP contribution < -0.4 is 0 Å². The Balaban J connectivity index is 1.58. The van der Waals surface area contributed by atoms with Crippen molar-refractivity contribution >= 4 is 0 Å². The van der Waals surface area contributed by atoms with Gasteiger partial charge in [-0.15, -0.1) is 0 Å². The molecule has 202 valence electrons. The molecule has 1 aliphatic heterocycles. The van der Waals surface area contributed by atoms with E-state index in [1.165, 1.54) is 61.8 Å². The van der Waals surface area contributed by atoms with Crippen LogP contribution in [0, 0.1) is 11.8 Å². The van der Waals surface area contributed by atoms with Crippen molar-refractivity contribution in [2.24, 2.45) is 11.8 Å². The van der Waals surface area contributed by atoms with Crippen LogP contribution in [0.5, 0.6) is 0 Å². The highest BCUT2D eigenvalue weighted by Crippen LogP contribution is 2.46. The summed E-state index contributed by atoms with van der Waals surface area (Å²) < 4.78 is 11.9. The average Bonchev–Trinajstić information content (AvgIpc) is 3.51. The second kappa shape index (κ2) is 13.7. The summed E-state index contributed by atoms with van der Waals surface area (Å²) in [4.78, 5) is 10.8. The Kier molecular flexibility index (Phi) is 9.54. The molecule has 0 amide bonds. The lowest BCUT2D eigenvalue weighted by atomic mass is 9.71. The summed E-state index contributed by atoms with van der Waals surface area (Å²) in [7, 11) is 0. The van der Waals surface area contributed by atoms with Gasteiger partial charge in [0.1, 0.15) is 18.8 Å². The minimum absolute atomic E-state index is 0.0416. The zero-order chi connectivity index (χ0) is 26.0. The molecule has 5 nitrogen and oxygen atoms in total. The van der Waals surface area contributed by atoms with Crippen LogP contribution in [-0.2, 0) is 16.0 Å². The molecule has 1 saturated carbocycles. The average molecular weight is 514 g/mol. The number of nitrogens with zero attached hydrogens (tertiary/aromatic N) is 2. The number of benzene rings is 1. The molecule has 1 aromatic heterocycles. The van der Waals surface area contributed by atoms with Crippen LogP contribution in [0.2, 0.25) is 0 Å². The monoisotopic (exact) mass is 513 g/mol. The number of hydrogen-bond donors (Lipinski definition) is 1. The summed E-state index contributed by atoms with van der Waals surface area (Å²) in [5, 5.41) is 0. The molecule has 0 spiro atoms. The Morgan fingerprint density at radius 2 is 2.03 bits per heavy atom. The standard InChI is InChI=1S/C33H43N3O2/c1-2-3-16-28-17-10-11-18-29(28)33(30-22-34-25-35-30)36(23-27-14-8-5-9-15-27)31(32-24-37-19-20-38-32)21-26-12-6-4-7-13-26/h4-6,8-9,12,14-15,19-20,22,24-25,28-29,31,33H,2-3,7,10-11,13,16-18,21,23H2,1H3,(H,34,35). The van der Waals surface area contributed by atoms with Gasteiger partial charge in [0.2, 0.25) is 0 Å². The molecule has 0 bridgehead atoms. The second-order valence-corrected chi connectivity index (χ2v) is 11.0. The number of rotatable bonds is 12. The molecule has 1 aromatic carbocycles. The van der Waals surface area contributed by atoms with Crippen LogP contribution in [0.25, 0.3) is 0 Å². The van der Waals surface area contributed by atoms with Crippen LogP contribution >= 0.6 is 0 Å². The van der Waals surface area contributed by atoms with Gasteiger partial charge in [0.05, 0.1) is 24.1 Å². The van der Waals surface area contributed by atoms with E-state index < -0.39 is 0 Å². The zero-order valence-electron chi connectivity index (χ0n) is 22.8. The Morgan fingerprint density at radius 3 is 2.76 bits per heavy atom. The number of aromatic amines is 1. The van der Waals surface area contributed by atoms with E-state index in [-0.39, 0.29) is 12.1 Å². The zero-order valence-corrected chi connectivity index (χ0v) is 22.8. The number of allylic oxidation sites excluding steroid dienone is 3. The van der Waals surface area contributed by atoms with E-state index in [1.54, 1.807) is 18.8 Å². The molecule has 38 heavy (non-hydrogen) atoms. The van der Waals surface area contributed by atoms with E-state index in [0.717, 1.165) is 31.6 Å². The maximum atomic E-state index is 6.19. The third kappa shape index (κ3) is 6.68. The second-order valence-electron chi connectivity index (χ2n) is 11.0. The maximum Gasteiger partial charge on any atom is 0.156 e. The summed E-state index contributed by atoms with van der Waals surface area (Å²) in [6.45, 7) is 3.15. The van der Waals surface area contributed by atoms with Crippen LogP contribution in [0.4, 0.5) is 0 Å². The number of hydrogen-bond acceptors (Lipinski definition) is 4. The van der Waals surface area contributed by atoms with E-state index in [2.05, 4.69) is 76.5 Å². The molecule has 2 heterocycles.